The van der Waals surface area contributed by atoms with Crippen molar-refractivity contribution >= 4 is 23.7 Å². The number of phenols is 1. The summed E-state index contributed by atoms with van der Waals surface area (Å²) < 4.78 is 0. The monoisotopic (exact) mass is 538 g/mol. The molecule has 0 saturated carbocycles. The summed E-state index contributed by atoms with van der Waals surface area (Å²) in [7, 11) is 0. The average molecular weight is 539 g/mol. The molecule has 1 aliphatic rings. The maximum Gasteiger partial charge on any atom is 0.326 e. The van der Waals surface area contributed by atoms with Gasteiger partial charge in [0.1, 0.15) is 23.9 Å². The van der Waals surface area contributed by atoms with Crippen LogP contribution >= 0.6 is 0 Å². The van der Waals surface area contributed by atoms with Crippen LogP contribution in [0.3, 0.4) is 0 Å². The fourth-order valence-electron chi connectivity index (χ4n) is 4.77. The number of carboxylic acids is 1. The Labute approximate surface area is 228 Å². The summed E-state index contributed by atoms with van der Waals surface area (Å²) in [5.74, 6) is -2.45. The molecular weight excluding hydrogens is 500 g/mol. The Morgan fingerprint density at radius 3 is 2.21 bits per heavy atom. The molecule has 210 valence electrons. The van der Waals surface area contributed by atoms with Gasteiger partial charge in [0, 0.05) is 13.0 Å². The molecule has 1 saturated heterocycles. The SMILES string of the molecule is CC(C)CC(NC(=O)C(N)Cc1ccccc1)C(=O)N1CCCC1C(=O)NC(Cc1ccc(O)cc1)C(=O)O. The molecule has 4 atom stereocenters. The summed E-state index contributed by atoms with van der Waals surface area (Å²) in [6, 6.07) is 11.7. The molecule has 0 radical (unpaired) electrons. The Bertz CT molecular complexity index is 1140. The number of carbonyl (C=O) groups excluding carboxylic acids is 3. The number of nitrogens with two attached hydrogens (primary N) is 1. The highest BCUT2D eigenvalue weighted by molar-refractivity contribution is 5.94. The van der Waals surface area contributed by atoms with E-state index in [0.29, 0.717) is 37.8 Å². The van der Waals surface area contributed by atoms with E-state index in [2.05, 4.69) is 10.6 Å². The normalized spacial score (nSPS) is 17.3. The molecule has 3 amide bonds. The number of benzene rings is 2. The van der Waals surface area contributed by atoms with Gasteiger partial charge in [0.25, 0.3) is 0 Å². The lowest BCUT2D eigenvalue weighted by Crippen LogP contribution is -2.57. The number of phenolic OH excluding ortho intramolecular Hbond substituents is 1. The number of nitrogens with one attached hydrogen (secondary N) is 2. The van der Waals surface area contributed by atoms with Gasteiger partial charge in [0.05, 0.1) is 6.04 Å². The second-order valence-electron chi connectivity index (χ2n) is 10.4. The van der Waals surface area contributed by atoms with Crippen molar-refractivity contribution in [1.29, 1.82) is 0 Å². The van der Waals surface area contributed by atoms with Crippen molar-refractivity contribution in [2.24, 2.45) is 11.7 Å². The molecule has 1 aliphatic heterocycles. The van der Waals surface area contributed by atoms with E-state index in [1.807, 2.05) is 44.2 Å². The van der Waals surface area contributed by atoms with Crippen LogP contribution in [0.4, 0.5) is 0 Å². The zero-order valence-electron chi connectivity index (χ0n) is 22.4. The second kappa shape index (κ2) is 13.7. The summed E-state index contributed by atoms with van der Waals surface area (Å²) >= 11 is 0. The van der Waals surface area contributed by atoms with Crippen molar-refractivity contribution in [2.45, 2.75) is 70.1 Å². The van der Waals surface area contributed by atoms with Crippen molar-refractivity contribution in [2.75, 3.05) is 6.54 Å². The van der Waals surface area contributed by atoms with Gasteiger partial charge in [-0.05, 0) is 54.9 Å². The minimum Gasteiger partial charge on any atom is -0.508 e. The summed E-state index contributed by atoms with van der Waals surface area (Å²) in [6.07, 6.45) is 1.68. The van der Waals surface area contributed by atoms with E-state index in [1.165, 1.54) is 17.0 Å². The Kier molecular flexibility index (Phi) is 10.4. The highest BCUT2D eigenvalue weighted by Gasteiger charge is 2.39. The lowest BCUT2D eigenvalue weighted by atomic mass is 10.0. The molecule has 10 nitrogen and oxygen atoms in total. The molecule has 10 heteroatoms. The van der Waals surface area contributed by atoms with Crippen LogP contribution < -0.4 is 16.4 Å². The zero-order chi connectivity index (χ0) is 28.5. The molecule has 0 aromatic heterocycles. The number of aliphatic carboxylic acids is 1. The third kappa shape index (κ3) is 8.54. The highest BCUT2D eigenvalue weighted by atomic mass is 16.4. The molecule has 2 aromatic rings. The summed E-state index contributed by atoms with van der Waals surface area (Å²) in [6.45, 7) is 4.20. The van der Waals surface area contributed by atoms with Crippen LogP contribution in [0.2, 0.25) is 0 Å². The molecule has 1 heterocycles. The standard InChI is InChI=1S/C29H38N4O6/c1-18(2)15-23(31-26(35)22(30)16-19-7-4-3-5-8-19)28(37)33-14-6-9-25(33)27(36)32-24(29(38)39)17-20-10-12-21(34)13-11-20/h3-5,7-8,10-13,18,22-25,34H,6,9,14-17,30H2,1-2H3,(H,31,35)(H,32,36)(H,38,39). The molecule has 3 rings (SSSR count). The molecule has 0 spiro atoms. The number of carbonyl (C=O) groups is 4. The van der Waals surface area contributed by atoms with Gasteiger partial charge in [-0.1, -0.05) is 56.3 Å². The van der Waals surface area contributed by atoms with Crippen LogP contribution in [0.5, 0.6) is 5.75 Å². The van der Waals surface area contributed by atoms with E-state index >= 15 is 0 Å². The number of rotatable bonds is 12. The van der Waals surface area contributed by atoms with Gasteiger partial charge in [-0.25, -0.2) is 4.79 Å². The molecule has 1 fully saturated rings. The Morgan fingerprint density at radius 2 is 1.59 bits per heavy atom. The van der Waals surface area contributed by atoms with E-state index in [1.54, 1.807) is 12.1 Å². The predicted octanol–water partition coefficient (Wildman–Crippen LogP) is 1.60. The number of hydrogen-bond acceptors (Lipinski definition) is 6. The fraction of sp³-hybridized carbons (Fsp3) is 0.448. The molecule has 0 bridgehead atoms. The molecule has 0 aliphatic carbocycles. The number of carboxylic acid groups (broad SMARTS) is 1. The van der Waals surface area contributed by atoms with Crippen molar-refractivity contribution in [3.05, 3.63) is 65.7 Å². The summed E-state index contributed by atoms with van der Waals surface area (Å²) in [5.41, 5.74) is 7.68. The van der Waals surface area contributed by atoms with Crippen LogP contribution in [-0.2, 0) is 32.0 Å². The van der Waals surface area contributed by atoms with Gasteiger partial charge in [-0.2, -0.15) is 0 Å². The van der Waals surface area contributed by atoms with Crippen molar-refractivity contribution < 1.29 is 29.4 Å². The van der Waals surface area contributed by atoms with Gasteiger partial charge in [-0.3, -0.25) is 14.4 Å². The minimum absolute atomic E-state index is 0.0212. The van der Waals surface area contributed by atoms with Crippen LogP contribution in [-0.4, -0.2) is 69.5 Å². The first kappa shape index (κ1) is 29.6. The third-order valence-corrected chi connectivity index (χ3v) is 6.79. The minimum atomic E-state index is -1.21. The lowest BCUT2D eigenvalue weighted by Gasteiger charge is -2.30. The number of aromatic hydroxyl groups is 1. The largest absolute Gasteiger partial charge is 0.508 e. The quantitative estimate of drug-likeness (QED) is 0.274. The van der Waals surface area contributed by atoms with Crippen LogP contribution in [0.1, 0.15) is 44.2 Å². The molecule has 6 N–H and O–H groups in total. The van der Waals surface area contributed by atoms with Crippen LogP contribution in [0.15, 0.2) is 54.6 Å². The first-order valence-electron chi connectivity index (χ1n) is 13.3. The van der Waals surface area contributed by atoms with Gasteiger partial charge in [0.15, 0.2) is 0 Å². The maximum absolute atomic E-state index is 13.6. The maximum atomic E-state index is 13.6. The lowest BCUT2D eigenvalue weighted by molar-refractivity contribution is -0.145. The molecular formula is C29H38N4O6. The third-order valence-electron chi connectivity index (χ3n) is 6.79. The average Bonchev–Trinajstić information content (AvgIpc) is 3.39. The summed E-state index contributed by atoms with van der Waals surface area (Å²) in [4.78, 5) is 53.0. The Hall–Kier alpha value is -3.92. The Balaban J connectivity index is 1.68. The van der Waals surface area contributed by atoms with E-state index < -0.39 is 42.0 Å². The molecule has 39 heavy (non-hydrogen) atoms. The van der Waals surface area contributed by atoms with Gasteiger partial charge < -0.3 is 31.5 Å². The second-order valence-corrected chi connectivity index (χ2v) is 10.4. The smallest absolute Gasteiger partial charge is 0.326 e. The number of amides is 3. The zero-order valence-corrected chi connectivity index (χ0v) is 22.4. The number of hydrogen-bond donors (Lipinski definition) is 5. The number of nitrogens with zero attached hydrogens (tertiary/aromatic N) is 1. The van der Waals surface area contributed by atoms with Gasteiger partial charge >= 0.3 is 5.97 Å². The van der Waals surface area contributed by atoms with Crippen molar-refractivity contribution in [3.8, 4) is 5.75 Å². The Morgan fingerprint density at radius 1 is 0.949 bits per heavy atom. The van der Waals surface area contributed by atoms with Crippen LogP contribution in [0, 0.1) is 5.92 Å². The topological polar surface area (TPSA) is 162 Å². The van der Waals surface area contributed by atoms with E-state index in [4.69, 9.17) is 5.73 Å². The summed E-state index contributed by atoms with van der Waals surface area (Å²) in [5, 5.41) is 24.5. The first-order chi connectivity index (χ1) is 18.5. The van der Waals surface area contributed by atoms with Crippen molar-refractivity contribution in [3.63, 3.8) is 0 Å². The predicted molar refractivity (Wildman–Crippen MR) is 146 cm³/mol. The van der Waals surface area contributed by atoms with Gasteiger partial charge in [-0.15, -0.1) is 0 Å². The fourth-order valence-corrected chi connectivity index (χ4v) is 4.77. The van der Waals surface area contributed by atoms with Crippen LogP contribution in [0.25, 0.3) is 0 Å². The van der Waals surface area contributed by atoms with E-state index in [0.717, 1.165) is 5.56 Å². The van der Waals surface area contributed by atoms with Crippen molar-refractivity contribution in [1.82, 2.24) is 15.5 Å². The highest BCUT2D eigenvalue weighted by Crippen LogP contribution is 2.21. The number of likely N-dealkylation sites (tertiary alicyclic amines) is 1. The first-order valence-corrected chi connectivity index (χ1v) is 13.3. The molecule has 2 aromatic carbocycles. The molecule has 4 unspecified atom stereocenters. The van der Waals surface area contributed by atoms with Gasteiger partial charge in [0.2, 0.25) is 17.7 Å². The van der Waals surface area contributed by atoms with E-state index in [-0.39, 0.29) is 24.0 Å². The van der Waals surface area contributed by atoms with E-state index in [9.17, 15) is 29.4 Å².